The second-order valence-corrected chi connectivity index (χ2v) is 7.65. The van der Waals surface area contributed by atoms with Gasteiger partial charge in [0, 0.05) is 24.2 Å². The number of nitrogens with zero attached hydrogens (tertiary/aromatic N) is 2. The van der Waals surface area contributed by atoms with Crippen molar-refractivity contribution in [3.8, 4) is 23.0 Å². The number of hydrogen-bond acceptors (Lipinski definition) is 7. The van der Waals surface area contributed by atoms with Crippen LogP contribution in [0, 0.1) is 10.1 Å². The predicted molar refractivity (Wildman–Crippen MR) is 128 cm³/mol. The molecule has 0 aliphatic rings. The van der Waals surface area contributed by atoms with Crippen molar-refractivity contribution in [3.05, 3.63) is 88.0 Å². The molecule has 1 atom stereocenters. The molecule has 0 bridgehead atoms. The molecule has 0 aliphatic carbocycles. The number of ether oxygens (including phenoxy) is 3. The molecule has 0 saturated carbocycles. The number of methoxy groups -OCH3 is 2. The number of carbonyl (C=O) groups is 1. The molecule has 3 aromatic rings. The van der Waals surface area contributed by atoms with E-state index in [4.69, 9.17) is 14.2 Å². The highest BCUT2D eigenvalue weighted by Crippen LogP contribution is 2.31. The Labute approximate surface area is 198 Å². The van der Waals surface area contributed by atoms with Gasteiger partial charge in [0.25, 0.3) is 11.6 Å². The highest BCUT2D eigenvalue weighted by atomic mass is 16.6. The van der Waals surface area contributed by atoms with Crippen molar-refractivity contribution in [3.63, 3.8) is 0 Å². The fraction of sp³-hybridized carbons (Fsp3) is 0.240. The lowest BCUT2D eigenvalue weighted by molar-refractivity contribution is -0.384. The Morgan fingerprint density at radius 1 is 0.971 bits per heavy atom. The largest absolute Gasteiger partial charge is 0.497 e. The van der Waals surface area contributed by atoms with Crippen LogP contribution in [0.15, 0.2) is 66.7 Å². The average molecular weight is 466 g/mol. The Morgan fingerprint density at radius 3 is 2.26 bits per heavy atom. The van der Waals surface area contributed by atoms with Gasteiger partial charge in [-0.3, -0.25) is 14.9 Å². The van der Waals surface area contributed by atoms with Crippen molar-refractivity contribution in [2.24, 2.45) is 0 Å². The third-order valence-electron chi connectivity index (χ3n) is 5.28. The smallest absolute Gasteiger partial charge is 0.270 e. The second kappa shape index (κ2) is 11.2. The Morgan fingerprint density at radius 2 is 1.65 bits per heavy atom. The lowest BCUT2D eigenvalue weighted by Crippen LogP contribution is -2.35. The summed E-state index contributed by atoms with van der Waals surface area (Å²) in [4.78, 5) is 25.9. The van der Waals surface area contributed by atoms with Gasteiger partial charge in [0.05, 0.1) is 30.7 Å². The van der Waals surface area contributed by atoms with E-state index in [0.29, 0.717) is 17.2 Å². The van der Waals surface area contributed by atoms with Crippen LogP contribution < -0.4 is 19.5 Å². The maximum absolute atomic E-state index is 13.2. The summed E-state index contributed by atoms with van der Waals surface area (Å²) in [5.41, 5.74) is 0.757. The van der Waals surface area contributed by atoms with Gasteiger partial charge >= 0.3 is 0 Å². The zero-order valence-corrected chi connectivity index (χ0v) is 19.5. The number of rotatable bonds is 10. The van der Waals surface area contributed by atoms with Crippen molar-refractivity contribution in [1.29, 1.82) is 0 Å². The molecule has 34 heavy (non-hydrogen) atoms. The first kappa shape index (κ1) is 24.5. The van der Waals surface area contributed by atoms with Crippen molar-refractivity contribution in [1.82, 2.24) is 10.2 Å². The minimum absolute atomic E-state index is 0.0579. The molecular formula is C25H27N3O6. The number of carbonyl (C=O) groups excluding carboxylic acids is 1. The van der Waals surface area contributed by atoms with Crippen LogP contribution in [0.25, 0.3) is 0 Å². The van der Waals surface area contributed by atoms with Gasteiger partial charge in [-0.05, 0) is 50.5 Å². The predicted octanol–water partition coefficient (Wildman–Crippen LogP) is 4.44. The molecule has 3 aromatic carbocycles. The van der Waals surface area contributed by atoms with Crippen LogP contribution in [0.2, 0.25) is 0 Å². The molecule has 9 nitrogen and oxygen atoms in total. The number of nitro benzene ring substituents is 1. The lowest BCUT2D eigenvalue weighted by Gasteiger charge is -2.26. The number of benzene rings is 3. The van der Waals surface area contributed by atoms with E-state index in [2.05, 4.69) is 5.32 Å². The molecule has 0 fully saturated rings. The SMILES string of the molecule is COc1ccc(Oc2ccc([N+](=O)[O-])cc2C(=O)NCC(c2ccccc2OC)N(C)C)cc1. The van der Waals surface area contributed by atoms with E-state index >= 15 is 0 Å². The number of nitro groups is 1. The summed E-state index contributed by atoms with van der Waals surface area (Å²) in [6.45, 7) is 0.247. The first-order valence-corrected chi connectivity index (χ1v) is 10.5. The summed E-state index contributed by atoms with van der Waals surface area (Å²) in [6, 6.07) is 18.1. The van der Waals surface area contributed by atoms with E-state index in [1.54, 1.807) is 38.5 Å². The third-order valence-corrected chi connectivity index (χ3v) is 5.28. The topological polar surface area (TPSA) is 103 Å². The summed E-state index contributed by atoms with van der Waals surface area (Å²) >= 11 is 0. The van der Waals surface area contributed by atoms with Crippen molar-refractivity contribution < 1.29 is 23.9 Å². The number of likely N-dealkylation sites (N-methyl/N-ethyl adjacent to an activating group) is 1. The Bertz CT molecular complexity index is 1150. The molecule has 0 saturated heterocycles. The van der Waals surface area contributed by atoms with E-state index in [1.165, 1.54) is 18.2 Å². The van der Waals surface area contributed by atoms with E-state index in [1.807, 2.05) is 43.3 Å². The quantitative estimate of drug-likeness (QED) is 0.349. The minimum atomic E-state index is -0.550. The summed E-state index contributed by atoms with van der Waals surface area (Å²) < 4.78 is 16.5. The van der Waals surface area contributed by atoms with Crippen LogP contribution in [0.3, 0.4) is 0 Å². The molecule has 0 radical (unpaired) electrons. The van der Waals surface area contributed by atoms with Gasteiger partial charge in [-0.25, -0.2) is 0 Å². The number of nitrogens with one attached hydrogen (secondary N) is 1. The van der Waals surface area contributed by atoms with Crippen LogP contribution in [-0.4, -0.2) is 50.6 Å². The highest BCUT2D eigenvalue weighted by Gasteiger charge is 2.22. The second-order valence-electron chi connectivity index (χ2n) is 7.65. The van der Waals surface area contributed by atoms with Gasteiger partial charge in [0.2, 0.25) is 0 Å². The standard InChI is InChI=1S/C25H27N3O6/c1-27(2)22(20-7-5-6-8-23(20)33-4)16-26-25(29)21-15-17(28(30)31)9-14-24(21)34-19-12-10-18(32-3)11-13-19/h5-15,22H,16H2,1-4H3,(H,26,29). The van der Waals surface area contributed by atoms with Crippen molar-refractivity contribution in [2.75, 3.05) is 34.9 Å². The monoisotopic (exact) mass is 465 g/mol. The van der Waals surface area contributed by atoms with Gasteiger partial charge < -0.3 is 24.4 Å². The molecule has 9 heteroatoms. The van der Waals surface area contributed by atoms with Gasteiger partial charge in [-0.2, -0.15) is 0 Å². The van der Waals surface area contributed by atoms with E-state index in [9.17, 15) is 14.9 Å². The fourth-order valence-electron chi connectivity index (χ4n) is 3.47. The summed E-state index contributed by atoms with van der Waals surface area (Å²) in [7, 11) is 6.94. The van der Waals surface area contributed by atoms with Gasteiger partial charge in [-0.1, -0.05) is 18.2 Å². The van der Waals surface area contributed by atoms with Crippen LogP contribution >= 0.6 is 0 Å². The average Bonchev–Trinajstić information content (AvgIpc) is 2.84. The zero-order chi connectivity index (χ0) is 24.7. The van der Waals surface area contributed by atoms with Crippen LogP contribution in [0.1, 0.15) is 22.0 Å². The molecule has 1 amide bonds. The number of amides is 1. The van der Waals surface area contributed by atoms with E-state index in [0.717, 1.165) is 5.56 Å². The normalized spacial score (nSPS) is 11.6. The summed E-state index contributed by atoms with van der Waals surface area (Å²) in [5.74, 6) is 1.53. The fourth-order valence-corrected chi connectivity index (χ4v) is 3.47. The van der Waals surface area contributed by atoms with E-state index < -0.39 is 10.8 Å². The Balaban J connectivity index is 1.86. The first-order valence-electron chi connectivity index (χ1n) is 10.5. The number of para-hydroxylation sites is 1. The highest BCUT2D eigenvalue weighted by molar-refractivity contribution is 5.97. The first-order chi connectivity index (χ1) is 16.3. The molecule has 3 rings (SSSR count). The summed E-state index contributed by atoms with van der Waals surface area (Å²) in [5, 5.41) is 14.2. The molecular weight excluding hydrogens is 438 g/mol. The third kappa shape index (κ3) is 5.81. The number of non-ortho nitro benzene ring substituents is 1. The van der Waals surface area contributed by atoms with Crippen LogP contribution in [0.4, 0.5) is 5.69 Å². The molecule has 1 unspecified atom stereocenters. The molecule has 0 aliphatic heterocycles. The van der Waals surface area contributed by atoms with Gasteiger partial charge in [-0.15, -0.1) is 0 Å². The molecule has 0 spiro atoms. The van der Waals surface area contributed by atoms with E-state index in [-0.39, 0.29) is 29.6 Å². The summed E-state index contributed by atoms with van der Waals surface area (Å²) in [6.07, 6.45) is 0. The molecule has 0 aromatic heterocycles. The van der Waals surface area contributed by atoms with Crippen LogP contribution in [0.5, 0.6) is 23.0 Å². The Hall–Kier alpha value is -4.11. The minimum Gasteiger partial charge on any atom is -0.497 e. The zero-order valence-electron chi connectivity index (χ0n) is 19.5. The van der Waals surface area contributed by atoms with Crippen molar-refractivity contribution in [2.45, 2.75) is 6.04 Å². The molecule has 1 N–H and O–H groups in total. The maximum atomic E-state index is 13.2. The van der Waals surface area contributed by atoms with Gasteiger partial charge in [0.1, 0.15) is 23.0 Å². The van der Waals surface area contributed by atoms with Crippen molar-refractivity contribution >= 4 is 11.6 Å². The molecule has 0 heterocycles. The van der Waals surface area contributed by atoms with Crippen LogP contribution in [-0.2, 0) is 0 Å². The number of hydrogen-bond donors (Lipinski definition) is 1. The lowest BCUT2D eigenvalue weighted by atomic mass is 10.0. The maximum Gasteiger partial charge on any atom is 0.270 e. The Kier molecular flexibility index (Phi) is 8.05. The molecule has 178 valence electrons. The van der Waals surface area contributed by atoms with Gasteiger partial charge in [0.15, 0.2) is 0 Å².